The second-order valence-corrected chi connectivity index (χ2v) is 4.53. The van der Waals surface area contributed by atoms with Gasteiger partial charge in [-0.1, -0.05) is 6.42 Å². The first-order valence-electron chi connectivity index (χ1n) is 5.85. The van der Waals surface area contributed by atoms with Crippen molar-refractivity contribution in [3.63, 3.8) is 0 Å². The predicted molar refractivity (Wildman–Crippen MR) is 62.3 cm³/mol. The van der Waals surface area contributed by atoms with Gasteiger partial charge < -0.3 is 4.84 Å². The highest BCUT2D eigenvalue weighted by Gasteiger charge is 2.42. The van der Waals surface area contributed by atoms with Crippen LogP contribution in [0.3, 0.4) is 0 Å². The van der Waals surface area contributed by atoms with Crippen molar-refractivity contribution in [3.05, 3.63) is 12.3 Å². The molecule has 0 spiro atoms. The Kier molecular flexibility index (Phi) is 3.38. The van der Waals surface area contributed by atoms with Gasteiger partial charge in [0.1, 0.15) is 0 Å². The van der Waals surface area contributed by atoms with Gasteiger partial charge in [0.25, 0.3) is 0 Å². The molecule has 17 heavy (non-hydrogen) atoms. The van der Waals surface area contributed by atoms with Crippen LogP contribution in [-0.4, -0.2) is 36.1 Å². The lowest BCUT2D eigenvalue weighted by atomic mass is 9.86. The maximum absolute atomic E-state index is 12.0. The fourth-order valence-electron chi connectivity index (χ4n) is 1.86. The van der Waals surface area contributed by atoms with Crippen LogP contribution >= 0.6 is 0 Å². The summed E-state index contributed by atoms with van der Waals surface area (Å²) in [5.41, 5.74) is -1.27. The Morgan fingerprint density at radius 1 is 1.41 bits per heavy atom. The van der Waals surface area contributed by atoms with E-state index >= 15 is 0 Å². The van der Waals surface area contributed by atoms with Gasteiger partial charge in [-0.15, -0.1) is 5.06 Å². The average molecular weight is 236 g/mol. The molecule has 5 nitrogen and oxygen atoms in total. The molecule has 5 heteroatoms. The van der Waals surface area contributed by atoms with Crippen LogP contribution in [0.1, 0.15) is 26.2 Å². The van der Waals surface area contributed by atoms with Crippen molar-refractivity contribution in [2.45, 2.75) is 26.2 Å². The topological polar surface area (TPSA) is 59.0 Å². The van der Waals surface area contributed by atoms with Gasteiger partial charge in [-0.25, -0.2) is 4.79 Å². The van der Waals surface area contributed by atoms with E-state index in [0.717, 1.165) is 32.4 Å². The first-order valence-corrected chi connectivity index (χ1v) is 5.85. The van der Waals surface area contributed by atoms with Crippen molar-refractivity contribution in [1.82, 2.24) is 5.06 Å². The monoisotopic (exact) mass is 236 g/mol. The van der Waals surface area contributed by atoms with Crippen molar-refractivity contribution < 1.29 is 14.4 Å². The van der Waals surface area contributed by atoms with Crippen LogP contribution in [0.5, 0.6) is 0 Å². The number of hydrogen-bond acceptors (Lipinski definition) is 5. The molecule has 1 saturated heterocycles. The summed E-state index contributed by atoms with van der Waals surface area (Å²) in [6, 6.07) is 0. The molecule has 0 N–H and O–H groups in total. The summed E-state index contributed by atoms with van der Waals surface area (Å²) < 4.78 is 0. The Bertz CT molecular complexity index is 383. The van der Waals surface area contributed by atoms with Crippen molar-refractivity contribution in [1.29, 1.82) is 0 Å². The van der Waals surface area contributed by atoms with Crippen LogP contribution in [0.15, 0.2) is 17.3 Å². The zero-order chi connectivity index (χ0) is 12.3. The number of hydroxylamine groups is 2. The quantitative estimate of drug-likeness (QED) is 0.674. The molecule has 2 aliphatic heterocycles. The fourth-order valence-corrected chi connectivity index (χ4v) is 1.86. The number of rotatable bonds is 2. The third-order valence-electron chi connectivity index (χ3n) is 3.11. The maximum atomic E-state index is 12.0. The number of ketones is 1. The van der Waals surface area contributed by atoms with Crippen molar-refractivity contribution in [2.24, 2.45) is 10.4 Å². The van der Waals surface area contributed by atoms with Crippen LogP contribution in [-0.2, 0) is 14.4 Å². The van der Waals surface area contributed by atoms with E-state index in [9.17, 15) is 9.59 Å². The van der Waals surface area contributed by atoms with E-state index in [2.05, 4.69) is 4.99 Å². The smallest absolute Gasteiger partial charge is 0.344 e. The summed E-state index contributed by atoms with van der Waals surface area (Å²) in [6.45, 7) is 3.01. The van der Waals surface area contributed by atoms with Crippen molar-refractivity contribution in [3.8, 4) is 0 Å². The standard InChI is InChI=1S/C12H16N2O3/c1-12(9-13-6-5-10(12)15)11(16)17-14-7-3-2-4-8-14/h5-6,9H,2-4,7-8H2,1H3. The van der Waals surface area contributed by atoms with Gasteiger partial charge in [0.15, 0.2) is 11.2 Å². The highest BCUT2D eigenvalue weighted by molar-refractivity contribution is 6.21. The highest BCUT2D eigenvalue weighted by atomic mass is 16.7. The van der Waals surface area contributed by atoms with Gasteiger partial charge in [0, 0.05) is 31.6 Å². The summed E-state index contributed by atoms with van der Waals surface area (Å²) in [5, 5.41) is 1.64. The molecule has 1 unspecified atom stereocenters. The Morgan fingerprint density at radius 3 is 2.76 bits per heavy atom. The molecule has 0 saturated carbocycles. The Morgan fingerprint density at radius 2 is 2.12 bits per heavy atom. The summed E-state index contributed by atoms with van der Waals surface area (Å²) in [4.78, 5) is 32.8. The maximum Gasteiger partial charge on any atom is 0.344 e. The molecule has 2 heterocycles. The molecule has 0 aromatic heterocycles. The zero-order valence-electron chi connectivity index (χ0n) is 9.89. The van der Waals surface area contributed by atoms with Crippen LogP contribution in [0, 0.1) is 5.41 Å². The van der Waals surface area contributed by atoms with Gasteiger partial charge in [-0.3, -0.25) is 9.79 Å². The molecule has 0 amide bonds. The van der Waals surface area contributed by atoms with Gasteiger partial charge in [-0.05, 0) is 19.8 Å². The summed E-state index contributed by atoms with van der Waals surface area (Å²) in [5.74, 6) is -0.827. The third kappa shape index (κ3) is 2.44. The van der Waals surface area contributed by atoms with Crippen molar-refractivity contribution in [2.75, 3.05) is 13.1 Å². The van der Waals surface area contributed by atoms with Crippen molar-refractivity contribution >= 4 is 18.0 Å². The lowest BCUT2D eigenvalue weighted by Crippen LogP contribution is -2.44. The number of aliphatic imine (C=N–C) groups is 1. The van der Waals surface area contributed by atoms with Crippen LogP contribution in [0.25, 0.3) is 0 Å². The van der Waals surface area contributed by atoms with E-state index < -0.39 is 11.4 Å². The summed E-state index contributed by atoms with van der Waals surface area (Å²) in [6.07, 6.45) is 7.24. The fraction of sp³-hybridized carbons (Fsp3) is 0.583. The van der Waals surface area contributed by atoms with Gasteiger partial charge in [0.2, 0.25) is 0 Å². The van der Waals surface area contributed by atoms with Gasteiger partial charge in [0.05, 0.1) is 0 Å². The number of piperidine rings is 1. The molecule has 0 aromatic rings. The van der Waals surface area contributed by atoms with E-state index in [4.69, 9.17) is 4.84 Å². The molecule has 0 aliphatic carbocycles. The zero-order valence-corrected chi connectivity index (χ0v) is 9.89. The number of carbonyl (C=O) groups excluding carboxylic acids is 2. The molecule has 2 rings (SSSR count). The first-order chi connectivity index (χ1) is 8.13. The molecule has 92 valence electrons. The van der Waals surface area contributed by atoms with E-state index in [-0.39, 0.29) is 5.78 Å². The van der Waals surface area contributed by atoms with E-state index in [1.54, 1.807) is 5.06 Å². The van der Waals surface area contributed by atoms with E-state index in [1.165, 1.54) is 25.4 Å². The molecule has 0 aromatic carbocycles. The predicted octanol–water partition coefficient (Wildman–Crippen LogP) is 1.10. The van der Waals surface area contributed by atoms with Crippen LogP contribution in [0.4, 0.5) is 0 Å². The minimum absolute atomic E-state index is 0.283. The molecule has 2 aliphatic rings. The first kappa shape index (κ1) is 12.0. The summed E-state index contributed by atoms with van der Waals surface area (Å²) >= 11 is 0. The highest BCUT2D eigenvalue weighted by Crippen LogP contribution is 2.22. The second-order valence-electron chi connectivity index (χ2n) is 4.53. The minimum atomic E-state index is -1.27. The normalized spacial score (nSPS) is 29.4. The molecule has 1 atom stereocenters. The number of hydrogen-bond donors (Lipinski definition) is 0. The van der Waals surface area contributed by atoms with Gasteiger partial charge in [-0.2, -0.15) is 0 Å². The lowest BCUT2D eigenvalue weighted by Gasteiger charge is -2.29. The molecule has 1 fully saturated rings. The number of carbonyl (C=O) groups is 2. The average Bonchev–Trinajstić information content (AvgIpc) is 2.34. The molecular weight excluding hydrogens is 220 g/mol. The lowest BCUT2D eigenvalue weighted by molar-refractivity contribution is -0.201. The Labute approximate surface area is 100 Å². The second kappa shape index (κ2) is 4.79. The van der Waals surface area contributed by atoms with E-state index in [0.29, 0.717) is 0 Å². The molecule has 0 radical (unpaired) electrons. The van der Waals surface area contributed by atoms with E-state index in [1.807, 2.05) is 0 Å². The number of allylic oxidation sites excluding steroid dienone is 1. The van der Waals surface area contributed by atoms with Crippen LogP contribution < -0.4 is 0 Å². The van der Waals surface area contributed by atoms with Gasteiger partial charge >= 0.3 is 5.97 Å². The Balaban J connectivity index is 2.01. The molecular formula is C12H16N2O3. The molecule has 0 bridgehead atoms. The van der Waals surface area contributed by atoms with Crippen LogP contribution in [0.2, 0.25) is 0 Å². The largest absolute Gasteiger partial charge is 0.367 e. The SMILES string of the molecule is CC1(C(=O)ON2CCCCC2)C=NC=CC1=O. The third-order valence-corrected chi connectivity index (χ3v) is 3.11. The summed E-state index contributed by atoms with van der Waals surface area (Å²) in [7, 11) is 0. The minimum Gasteiger partial charge on any atom is -0.367 e. The number of nitrogens with zero attached hydrogens (tertiary/aromatic N) is 2. The Hall–Kier alpha value is -1.49.